The fraction of sp³-hybridized carbons (Fsp3) is 0.0526. The van der Waals surface area contributed by atoms with E-state index in [-0.39, 0.29) is 5.91 Å². The van der Waals surface area contributed by atoms with Crippen molar-refractivity contribution in [2.45, 2.75) is 6.92 Å². The van der Waals surface area contributed by atoms with Gasteiger partial charge in [-0.25, -0.2) is 4.98 Å². The zero-order chi connectivity index (χ0) is 18.8. The summed E-state index contributed by atoms with van der Waals surface area (Å²) in [4.78, 5) is 17.1. The number of halogens is 1. The maximum Gasteiger partial charge on any atom is 0.275 e. The van der Waals surface area contributed by atoms with Crippen LogP contribution >= 0.6 is 22.9 Å². The maximum atomic E-state index is 12.6. The van der Waals surface area contributed by atoms with Gasteiger partial charge in [0, 0.05) is 27.2 Å². The lowest BCUT2D eigenvalue weighted by atomic mass is 10.1. The van der Waals surface area contributed by atoms with E-state index in [1.165, 1.54) is 17.7 Å². The SMILES string of the molecule is Cc1ccc(-c2nnco2)cc1NC(=O)c1csc(-c2ccc(Cl)cc2)n1. The van der Waals surface area contributed by atoms with E-state index in [9.17, 15) is 4.79 Å². The quantitative estimate of drug-likeness (QED) is 0.520. The highest BCUT2D eigenvalue weighted by molar-refractivity contribution is 7.13. The smallest absolute Gasteiger partial charge is 0.275 e. The summed E-state index contributed by atoms with van der Waals surface area (Å²) in [6, 6.07) is 12.9. The van der Waals surface area contributed by atoms with Crippen molar-refractivity contribution in [3.63, 3.8) is 0 Å². The van der Waals surface area contributed by atoms with Gasteiger partial charge in [0.15, 0.2) is 0 Å². The summed E-state index contributed by atoms with van der Waals surface area (Å²) >= 11 is 7.32. The molecule has 0 unspecified atom stereocenters. The van der Waals surface area contributed by atoms with Gasteiger partial charge in [-0.2, -0.15) is 0 Å². The number of hydrogen-bond donors (Lipinski definition) is 1. The second-order valence-corrected chi connectivity index (χ2v) is 7.07. The van der Waals surface area contributed by atoms with Gasteiger partial charge in [0.05, 0.1) is 0 Å². The third kappa shape index (κ3) is 3.74. The van der Waals surface area contributed by atoms with Gasteiger partial charge in [-0.05, 0) is 36.8 Å². The summed E-state index contributed by atoms with van der Waals surface area (Å²) < 4.78 is 5.21. The first-order valence-corrected chi connectivity index (χ1v) is 9.26. The minimum absolute atomic E-state index is 0.280. The lowest BCUT2D eigenvalue weighted by Gasteiger charge is -2.08. The normalized spacial score (nSPS) is 10.7. The predicted octanol–water partition coefficient (Wildman–Crippen LogP) is 5.07. The molecule has 8 heteroatoms. The second-order valence-electron chi connectivity index (χ2n) is 5.77. The van der Waals surface area contributed by atoms with E-state index in [4.69, 9.17) is 16.0 Å². The Balaban J connectivity index is 1.56. The molecule has 0 bridgehead atoms. The molecule has 0 aliphatic carbocycles. The van der Waals surface area contributed by atoms with Crippen LogP contribution < -0.4 is 5.32 Å². The number of nitrogens with one attached hydrogen (secondary N) is 1. The Kier molecular flexibility index (Phi) is 4.70. The van der Waals surface area contributed by atoms with Crippen molar-refractivity contribution in [2.24, 2.45) is 0 Å². The Morgan fingerprint density at radius 2 is 1.93 bits per heavy atom. The molecule has 4 aromatic rings. The average Bonchev–Trinajstić information content (AvgIpc) is 3.36. The van der Waals surface area contributed by atoms with E-state index < -0.39 is 0 Å². The highest BCUT2D eigenvalue weighted by Gasteiger charge is 2.14. The molecule has 0 aliphatic heterocycles. The standard InChI is InChI=1S/C19H13ClN4O2S/c1-11-2-3-13(18-24-21-10-26-18)8-15(11)22-17(25)16-9-27-19(23-16)12-4-6-14(20)7-5-12/h2-10H,1H3,(H,22,25). The number of carbonyl (C=O) groups is 1. The van der Waals surface area contributed by atoms with E-state index in [0.29, 0.717) is 22.3 Å². The van der Waals surface area contributed by atoms with Crippen LogP contribution in [0.25, 0.3) is 22.0 Å². The van der Waals surface area contributed by atoms with E-state index in [2.05, 4.69) is 20.5 Å². The molecule has 0 aliphatic rings. The van der Waals surface area contributed by atoms with Gasteiger partial charge in [0.25, 0.3) is 5.91 Å². The Morgan fingerprint density at radius 3 is 2.67 bits per heavy atom. The summed E-state index contributed by atoms with van der Waals surface area (Å²) in [6.45, 7) is 1.91. The first-order chi connectivity index (χ1) is 13.1. The van der Waals surface area contributed by atoms with Crippen LogP contribution in [0, 0.1) is 6.92 Å². The molecular weight excluding hydrogens is 384 g/mol. The molecule has 27 heavy (non-hydrogen) atoms. The summed E-state index contributed by atoms with van der Waals surface area (Å²) in [5, 5.41) is 13.6. The van der Waals surface area contributed by atoms with Crippen LogP contribution in [0.4, 0.5) is 5.69 Å². The van der Waals surface area contributed by atoms with Crippen molar-refractivity contribution in [2.75, 3.05) is 5.32 Å². The van der Waals surface area contributed by atoms with Gasteiger partial charge in [-0.1, -0.05) is 29.8 Å². The first kappa shape index (κ1) is 17.4. The number of benzene rings is 2. The van der Waals surface area contributed by atoms with E-state index in [1.807, 2.05) is 31.2 Å². The summed E-state index contributed by atoms with van der Waals surface area (Å²) in [5.41, 5.74) is 3.58. The van der Waals surface area contributed by atoms with Gasteiger partial charge in [-0.3, -0.25) is 4.79 Å². The van der Waals surface area contributed by atoms with Crippen LogP contribution in [-0.2, 0) is 0 Å². The molecule has 1 N–H and O–H groups in total. The predicted molar refractivity (Wildman–Crippen MR) is 105 cm³/mol. The van der Waals surface area contributed by atoms with Crippen LogP contribution in [0.1, 0.15) is 16.1 Å². The lowest BCUT2D eigenvalue weighted by Crippen LogP contribution is -2.13. The lowest BCUT2D eigenvalue weighted by molar-refractivity contribution is 0.102. The fourth-order valence-corrected chi connectivity index (χ4v) is 3.41. The average molecular weight is 397 g/mol. The van der Waals surface area contributed by atoms with Gasteiger partial charge in [0.1, 0.15) is 10.7 Å². The molecule has 2 heterocycles. The molecule has 0 atom stereocenters. The Morgan fingerprint density at radius 1 is 1.15 bits per heavy atom. The Hall–Kier alpha value is -3.03. The fourth-order valence-electron chi connectivity index (χ4n) is 2.48. The van der Waals surface area contributed by atoms with Crippen LogP contribution in [0.3, 0.4) is 0 Å². The summed E-state index contributed by atoms with van der Waals surface area (Å²) in [7, 11) is 0. The third-order valence-corrected chi connectivity index (χ3v) is 5.06. The molecule has 6 nitrogen and oxygen atoms in total. The second kappa shape index (κ2) is 7.30. The molecular formula is C19H13ClN4O2S. The van der Waals surface area contributed by atoms with Crippen molar-refractivity contribution in [1.82, 2.24) is 15.2 Å². The molecule has 4 rings (SSSR count). The number of aryl methyl sites for hydroxylation is 1. The number of amides is 1. The van der Waals surface area contributed by atoms with E-state index >= 15 is 0 Å². The number of hydrogen-bond acceptors (Lipinski definition) is 6. The van der Waals surface area contributed by atoms with Crippen LogP contribution in [0.15, 0.2) is 58.7 Å². The van der Waals surface area contributed by atoms with E-state index in [0.717, 1.165) is 21.7 Å². The first-order valence-electron chi connectivity index (χ1n) is 8.00. The third-order valence-electron chi connectivity index (χ3n) is 3.92. The largest absolute Gasteiger partial charge is 0.423 e. The van der Waals surface area contributed by atoms with Crippen molar-refractivity contribution in [3.8, 4) is 22.0 Å². The monoisotopic (exact) mass is 396 g/mol. The summed E-state index contributed by atoms with van der Waals surface area (Å²) in [5.74, 6) is 0.112. The maximum absolute atomic E-state index is 12.6. The Bertz CT molecular complexity index is 1090. The van der Waals surface area contributed by atoms with Crippen LogP contribution in [0.2, 0.25) is 5.02 Å². The number of rotatable bonds is 4. The number of anilines is 1. The van der Waals surface area contributed by atoms with Crippen LogP contribution in [-0.4, -0.2) is 21.1 Å². The highest BCUT2D eigenvalue weighted by Crippen LogP contribution is 2.27. The van der Waals surface area contributed by atoms with Crippen LogP contribution in [0.5, 0.6) is 0 Å². The number of thiazole rings is 1. The zero-order valence-corrected chi connectivity index (χ0v) is 15.7. The van der Waals surface area contributed by atoms with E-state index in [1.54, 1.807) is 23.6 Å². The molecule has 134 valence electrons. The highest BCUT2D eigenvalue weighted by atomic mass is 35.5. The van der Waals surface area contributed by atoms with Gasteiger partial charge < -0.3 is 9.73 Å². The molecule has 0 radical (unpaired) electrons. The minimum Gasteiger partial charge on any atom is -0.423 e. The topological polar surface area (TPSA) is 80.9 Å². The molecule has 0 saturated carbocycles. The van der Waals surface area contributed by atoms with Gasteiger partial charge >= 0.3 is 0 Å². The van der Waals surface area contributed by atoms with Crippen molar-refractivity contribution >= 4 is 34.5 Å². The minimum atomic E-state index is -0.280. The Labute approximate surface area is 163 Å². The van der Waals surface area contributed by atoms with Crippen molar-refractivity contribution < 1.29 is 9.21 Å². The zero-order valence-electron chi connectivity index (χ0n) is 14.1. The van der Waals surface area contributed by atoms with Gasteiger partial charge in [0.2, 0.25) is 12.3 Å². The molecule has 0 fully saturated rings. The molecule has 0 saturated heterocycles. The van der Waals surface area contributed by atoms with Gasteiger partial charge in [-0.15, -0.1) is 21.5 Å². The number of nitrogens with zero attached hydrogens (tertiary/aromatic N) is 3. The molecule has 0 spiro atoms. The molecule has 2 aromatic heterocycles. The van der Waals surface area contributed by atoms with Crippen molar-refractivity contribution in [3.05, 3.63) is 70.5 Å². The number of aromatic nitrogens is 3. The number of carbonyl (C=O) groups excluding carboxylic acids is 1. The summed E-state index contributed by atoms with van der Waals surface area (Å²) in [6.07, 6.45) is 1.26. The molecule has 2 aromatic carbocycles. The molecule has 1 amide bonds. The van der Waals surface area contributed by atoms with Crippen molar-refractivity contribution in [1.29, 1.82) is 0 Å².